The summed E-state index contributed by atoms with van der Waals surface area (Å²) in [6.07, 6.45) is 1.69. The lowest BCUT2D eigenvalue weighted by Gasteiger charge is -2.09. The molecule has 3 rings (SSSR count). The summed E-state index contributed by atoms with van der Waals surface area (Å²) >= 11 is 2.11. The number of hydrogen-bond donors (Lipinski definition) is 0. The van der Waals surface area contributed by atoms with Crippen molar-refractivity contribution in [2.45, 2.75) is 6.61 Å². The van der Waals surface area contributed by atoms with Crippen LogP contribution in [0.25, 0.3) is 11.6 Å². The lowest BCUT2D eigenvalue weighted by molar-refractivity contribution is -0.385. The fourth-order valence-corrected chi connectivity index (χ4v) is 3.45. The molecule has 3 aromatic carbocycles. The van der Waals surface area contributed by atoms with Crippen LogP contribution >= 0.6 is 22.6 Å². The lowest BCUT2D eigenvalue weighted by atomic mass is 10.0. The SMILES string of the molecule is N#C/C(=C/c1ccc(OCc2cccc([N+](=O)[O-])c2)c(I)c1)c1ccc([N+](=O)[O-])cc1. The molecule has 0 spiro atoms. The minimum Gasteiger partial charge on any atom is -0.488 e. The van der Waals surface area contributed by atoms with Crippen molar-refractivity contribution in [1.82, 2.24) is 0 Å². The number of allylic oxidation sites excluding steroid dienone is 1. The monoisotopic (exact) mass is 527 g/mol. The van der Waals surface area contributed by atoms with Gasteiger partial charge in [-0.05, 0) is 69.6 Å². The molecule has 3 aromatic rings. The minimum absolute atomic E-state index is 0.00607. The van der Waals surface area contributed by atoms with Gasteiger partial charge in [0.05, 0.1) is 25.1 Å². The normalized spacial score (nSPS) is 10.9. The van der Waals surface area contributed by atoms with Crippen LogP contribution in [0.4, 0.5) is 11.4 Å². The number of hydrogen-bond acceptors (Lipinski definition) is 6. The van der Waals surface area contributed by atoms with E-state index in [4.69, 9.17) is 4.74 Å². The fraction of sp³-hybridized carbons (Fsp3) is 0.0455. The quantitative estimate of drug-likeness (QED) is 0.127. The number of nitrogens with zero attached hydrogens (tertiary/aromatic N) is 3. The Bertz CT molecular complexity index is 1220. The summed E-state index contributed by atoms with van der Waals surface area (Å²) in [5.74, 6) is 0.609. The molecule has 0 N–H and O–H groups in total. The zero-order valence-corrected chi connectivity index (χ0v) is 18.1. The van der Waals surface area contributed by atoms with Crippen molar-refractivity contribution in [1.29, 1.82) is 5.26 Å². The first-order valence-corrected chi connectivity index (χ1v) is 9.97. The van der Waals surface area contributed by atoms with E-state index >= 15 is 0 Å². The maximum Gasteiger partial charge on any atom is 0.269 e. The number of halogens is 1. The van der Waals surface area contributed by atoms with E-state index < -0.39 is 9.85 Å². The van der Waals surface area contributed by atoms with E-state index in [1.165, 1.54) is 36.4 Å². The van der Waals surface area contributed by atoms with Crippen molar-refractivity contribution >= 4 is 45.6 Å². The second kappa shape index (κ2) is 9.82. The van der Waals surface area contributed by atoms with E-state index in [0.29, 0.717) is 22.4 Å². The van der Waals surface area contributed by atoms with E-state index in [-0.39, 0.29) is 18.0 Å². The Balaban J connectivity index is 1.76. The second-order valence-corrected chi connectivity index (χ2v) is 7.54. The highest BCUT2D eigenvalue weighted by Crippen LogP contribution is 2.27. The third-order valence-corrected chi connectivity index (χ3v) is 5.14. The first kappa shape index (κ1) is 21.9. The summed E-state index contributed by atoms with van der Waals surface area (Å²) < 4.78 is 6.59. The number of rotatable bonds is 7. The van der Waals surface area contributed by atoms with Crippen LogP contribution in [0.3, 0.4) is 0 Å². The Kier molecular flexibility index (Phi) is 6.94. The summed E-state index contributed by atoms with van der Waals surface area (Å²) in [4.78, 5) is 20.7. The van der Waals surface area contributed by atoms with Crippen LogP contribution in [0.15, 0.2) is 66.7 Å². The topological polar surface area (TPSA) is 119 Å². The highest BCUT2D eigenvalue weighted by Gasteiger charge is 2.09. The predicted molar refractivity (Wildman–Crippen MR) is 123 cm³/mol. The van der Waals surface area contributed by atoms with Gasteiger partial charge in [0.2, 0.25) is 0 Å². The molecule has 9 heteroatoms. The van der Waals surface area contributed by atoms with E-state index in [1.54, 1.807) is 30.3 Å². The maximum absolute atomic E-state index is 10.9. The summed E-state index contributed by atoms with van der Waals surface area (Å²) in [7, 11) is 0. The molecule has 0 bridgehead atoms. The molecule has 31 heavy (non-hydrogen) atoms. The highest BCUT2D eigenvalue weighted by atomic mass is 127. The third kappa shape index (κ3) is 5.64. The highest BCUT2D eigenvalue weighted by molar-refractivity contribution is 14.1. The molecule has 8 nitrogen and oxygen atoms in total. The van der Waals surface area contributed by atoms with E-state index in [0.717, 1.165) is 9.13 Å². The molecule has 0 radical (unpaired) electrons. The van der Waals surface area contributed by atoms with Crippen molar-refractivity contribution in [3.8, 4) is 11.8 Å². The largest absolute Gasteiger partial charge is 0.488 e. The molecule has 0 aliphatic heterocycles. The van der Waals surface area contributed by atoms with Gasteiger partial charge in [-0.25, -0.2) is 0 Å². The van der Waals surface area contributed by atoms with Crippen LogP contribution in [0.5, 0.6) is 5.75 Å². The van der Waals surface area contributed by atoms with E-state index in [1.807, 2.05) is 6.07 Å². The van der Waals surface area contributed by atoms with Gasteiger partial charge in [0.15, 0.2) is 0 Å². The molecule has 0 aliphatic rings. The van der Waals surface area contributed by atoms with Crippen molar-refractivity contribution in [2.24, 2.45) is 0 Å². The van der Waals surface area contributed by atoms with Crippen molar-refractivity contribution in [3.05, 3.63) is 107 Å². The van der Waals surface area contributed by atoms with Crippen molar-refractivity contribution in [2.75, 3.05) is 0 Å². The van der Waals surface area contributed by atoms with Gasteiger partial charge < -0.3 is 4.74 Å². The van der Waals surface area contributed by atoms with Crippen molar-refractivity contribution in [3.63, 3.8) is 0 Å². The Morgan fingerprint density at radius 2 is 1.71 bits per heavy atom. The number of nitriles is 1. The zero-order chi connectivity index (χ0) is 22.4. The van der Waals surface area contributed by atoms with Gasteiger partial charge in [-0.15, -0.1) is 0 Å². The number of non-ortho nitro benzene ring substituents is 2. The lowest BCUT2D eigenvalue weighted by Crippen LogP contribution is -1.98. The minimum atomic E-state index is -0.492. The zero-order valence-electron chi connectivity index (χ0n) is 15.9. The van der Waals surface area contributed by atoms with E-state index in [9.17, 15) is 25.5 Å². The fourth-order valence-electron chi connectivity index (χ4n) is 2.75. The molecule has 0 heterocycles. The van der Waals surface area contributed by atoms with Crippen molar-refractivity contribution < 1.29 is 14.6 Å². The van der Waals surface area contributed by atoms with Gasteiger partial charge in [-0.2, -0.15) is 5.26 Å². The standard InChI is InChI=1S/C22H14IN3O5/c23-21-12-15(10-18(13-24)17-5-7-19(8-6-17)25(27)28)4-9-22(21)31-14-16-2-1-3-20(11-16)26(29)30/h1-12H,14H2/b18-10-. The summed E-state index contributed by atoms with van der Waals surface area (Å²) in [6, 6.07) is 19.5. The first-order chi connectivity index (χ1) is 14.9. The summed E-state index contributed by atoms with van der Waals surface area (Å²) in [6.45, 7) is 0.180. The molecule has 0 amide bonds. The Morgan fingerprint density at radius 3 is 2.32 bits per heavy atom. The summed E-state index contributed by atoms with van der Waals surface area (Å²) in [5.41, 5.74) is 2.36. The molecular formula is C22H14IN3O5. The summed E-state index contributed by atoms with van der Waals surface area (Å²) in [5, 5.41) is 31.2. The molecule has 0 fully saturated rings. The number of nitro groups is 2. The average Bonchev–Trinajstić information content (AvgIpc) is 2.77. The predicted octanol–water partition coefficient (Wildman–Crippen LogP) is 5.75. The van der Waals surface area contributed by atoms with Crippen LogP contribution in [-0.2, 0) is 6.61 Å². The molecule has 0 aliphatic carbocycles. The van der Waals surface area contributed by atoms with Gasteiger partial charge in [-0.3, -0.25) is 20.2 Å². The van der Waals surface area contributed by atoms with Gasteiger partial charge in [-0.1, -0.05) is 18.2 Å². The maximum atomic E-state index is 10.9. The van der Waals surface area contributed by atoms with Gasteiger partial charge >= 0.3 is 0 Å². The molecular weight excluding hydrogens is 513 g/mol. The van der Waals surface area contributed by atoms with E-state index in [2.05, 4.69) is 28.7 Å². The van der Waals surface area contributed by atoms with Gasteiger partial charge in [0.25, 0.3) is 11.4 Å². The molecule has 154 valence electrons. The number of nitro benzene ring substituents is 2. The van der Waals surface area contributed by atoms with Gasteiger partial charge in [0, 0.05) is 24.3 Å². The van der Waals surface area contributed by atoms with Crippen LogP contribution < -0.4 is 4.74 Å². The number of benzene rings is 3. The molecule has 0 atom stereocenters. The van der Waals surface area contributed by atoms with Crippen LogP contribution in [0.1, 0.15) is 16.7 Å². The Labute approximate surface area is 190 Å². The van der Waals surface area contributed by atoms with Crippen LogP contribution in [0, 0.1) is 35.1 Å². The van der Waals surface area contributed by atoms with Crippen LogP contribution in [-0.4, -0.2) is 9.85 Å². The average molecular weight is 527 g/mol. The second-order valence-electron chi connectivity index (χ2n) is 6.38. The molecule has 0 saturated carbocycles. The molecule has 0 aromatic heterocycles. The third-order valence-electron chi connectivity index (χ3n) is 4.29. The molecule has 0 unspecified atom stereocenters. The van der Waals surface area contributed by atoms with Crippen LogP contribution in [0.2, 0.25) is 0 Å². The smallest absolute Gasteiger partial charge is 0.269 e. The number of ether oxygens (including phenoxy) is 1. The van der Waals surface area contributed by atoms with Gasteiger partial charge in [0.1, 0.15) is 12.4 Å². The Hall–Kier alpha value is -3.78. The first-order valence-electron chi connectivity index (χ1n) is 8.89. The molecule has 0 saturated heterocycles. The Morgan fingerprint density at radius 1 is 1.00 bits per heavy atom.